The number of benzene rings is 2. The summed E-state index contributed by atoms with van der Waals surface area (Å²) >= 11 is 0. The summed E-state index contributed by atoms with van der Waals surface area (Å²) in [5.41, 5.74) is 4.13. The first-order valence-electron chi connectivity index (χ1n) is 9.75. The number of amides is 2. The molecule has 0 saturated heterocycles. The number of carbonyl (C=O) groups excluding carboxylic acids is 2. The predicted octanol–water partition coefficient (Wildman–Crippen LogP) is 2.37. The number of hydrogen-bond acceptors (Lipinski definition) is 4. The first-order valence-corrected chi connectivity index (χ1v) is 11.2. The molecule has 0 bridgehead atoms. The molecule has 1 aliphatic heterocycles. The van der Waals surface area contributed by atoms with Gasteiger partial charge in [0, 0.05) is 23.0 Å². The molecule has 2 amide bonds. The maximum atomic E-state index is 12.2. The van der Waals surface area contributed by atoms with Crippen molar-refractivity contribution in [2.75, 3.05) is 30.0 Å². The molecule has 7 heteroatoms. The van der Waals surface area contributed by atoms with Gasteiger partial charge >= 0.3 is 0 Å². The van der Waals surface area contributed by atoms with Crippen LogP contribution < -0.4 is 10.6 Å². The first-order chi connectivity index (χ1) is 14.0. The minimum Gasteiger partial charge on any atom is -0.371 e. The summed E-state index contributed by atoms with van der Waals surface area (Å²) in [6.45, 7) is 2.99. The highest BCUT2D eigenvalue weighted by Gasteiger charge is 2.21. The van der Waals surface area contributed by atoms with E-state index in [1.807, 2.05) is 42.5 Å². The van der Waals surface area contributed by atoms with Crippen molar-refractivity contribution in [2.45, 2.75) is 25.9 Å². The van der Waals surface area contributed by atoms with E-state index in [9.17, 15) is 13.8 Å². The van der Waals surface area contributed by atoms with Crippen LogP contribution in [0.2, 0.25) is 0 Å². The van der Waals surface area contributed by atoms with Crippen LogP contribution in [0.5, 0.6) is 0 Å². The van der Waals surface area contributed by atoms with E-state index < -0.39 is 10.8 Å². The average molecular weight is 415 g/mol. The largest absolute Gasteiger partial charge is 0.371 e. The highest BCUT2D eigenvalue weighted by molar-refractivity contribution is 7.86. The summed E-state index contributed by atoms with van der Waals surface area (Å²) in [6, 6.07) is 15.5. The molecule has 1 heterocycles. The molecule has 0 fully saturated rings. The Labute approximate surface area is 173 Å². The fraction of sp³-hybridized carbons (Fsp3) is 0.364. The number of hydrogen-bond donors (Lipinski definition) is 2. The molecule has 3 rings (SSSR count). The molecule has 0 radical (unpaired) electrons. The van der Waals surface area contributed by atoms with E-state index >= 15 is 0 Å². The van der Waals surface area contributed by atoms with Gasteiger partial charge in [-0.2, -0.15) is 0 Å². The van der Waals surface area contributed by atoms with E-state index in [0.29, 0.717) is 18.8 Å². The molecule has 154 valence electrons. The predicted molar refractivity (Wildman–Crippen MR) is 114 cm³/mol. The minimum atomic E-state index is -1.58. The van der Waals surface area contributed by atoms with Crippen LogP contribution in [0.1, 0.15) is 29.7 Å². The average Bonchev–Trinajstić information content (AvgIpc) is 2.72. The summed E-state index contributed by atoms with van der Waals surface area (Å²) in [7, 11) is -1.58. The highest BCUT2D eigenvalue weighted by atomic mass is 32.2. The van der Waals surface area contributed by atoms with Gasteiger partial charge in [0.05, 0.1) is 6.61 Å². The number of anilines is 1. The van der Waals surface area contributed by atoms with Gasteiger partial charge < -0.3 is 15.4 Å². The van der Waals surface area contributed by atoms with Crippen molar-refractivity contribution in [2.24, 2.45) is 0 Å². The topological polar surface area (TPSA) is 84.5 Å². The number of aryl methyl sites for hydroxylation is 1. The van der Waals surface area contributed by atoms with Gasteiger partial charge in [-0.3, -0.25) is 13.8 Å². The summed E-state index contributed by atoms with van der Waals surface area (Å²) in [4.78, 5) is 24.2. The maximum Gasteiger partial charge on any atom is 0.237 e. The smallest absolute Gasteiger partial charge is 0.237 e. The lowest BCUT2D eigenvalue weighted by Gasteiger charge is -2.26. The summed E-state index contributed by atoms with van der Waals surface area (Å²) in [5, 5.41) is 5.48. The van der Waals surface area contributed by atoms with Gasteiger partial charge in [-0.05, 0) is 41.7 Å². The maximum absolute atomic E-state index is 12.2. The number of nitrogens with one attached hydrogen (secondary N) is 2. The van der Waals surface area contributed by atoms with E-state index in [0.717, 1.165) is 18.4 Å². The molecule has 0 saturated carbocycles. The number of carbonyl (C=O) groups is 2. The fourth-order valence-electron chi connectivity index (χ4n) is 3.27. The third-order valence-electron chi connectivity index (χ3n) is 4.81. The molecular weight excluding hydrogens is 388 g/mol. The van der Waals surface area contributed by atoms with Crippen LogP contribution in [0.15, 0.2) is 48.5 Å². The molecule has 0 spiro atoms. The van der Waals surface area contributed by atoms with Crippen molar-refractivity contribution in [1.82, 2.24) is 5.32 Å². The van der Waals surface area contributed by atoms with Gasteiger partial charge in [-0.25, -0.2) is 0 Å². The van der Waals surface area contributed by atoms with Gasteiger partial charge in [0.2, 0.25) is 11.8 Å². The zero-order valence-corrected chi connectivity index (χ0v) is 17.3. The third-order valence-corrected chi connectivity index (χ3v) is 5.98. The lowest BCUT2D eigenvalue weighted by molar-refractivity contribution is -0.119. The zero-order valence-electron chi connectivity index (χ0n) is 16.5. The van der Waals surface area contributed by atoms with Gasteiger partial charge in [0.15, 0.2) is 0 Å². The number of fused-ring (bicyclic) bond motifs is 1. The van der Waals surface area contributed by atoms with Crippen molar-refractivity contribution >= 4 is 28.3 Å². The van der Waals surface area contributed by atoms with Crippen molar-refractivity contribution < 1.29 is 18.5 Å². The first kappa shape index (κ1) is 21.2. The molecule has 0 aliphatic carbocycles. The lowest BCUT2D eigenvalue weighted by atomic mass is 9.97. The van der Waals surface area contributed by atoms with Crippen molar-refractivity contribution in [1.29, 1.82) is 0 Å². The van der Waals surface area contributed by atoms with Gasteiger partial charge in [0.1, 0.15) is 17.6 Å². The van der Waals surface area contributed by atoms with Crippen LogP contribution in [0.4, 0.5) is 5.69 Å². The quantitative estimate of drug-likeness (QED) is 0.695. The van der Waals surface area contributed by atoms with Crippen LogP contribution in [0, 0.1) is 0 Å². The van der Waals surface area contributed by atoms with Crippen molar-refractivity contribution in [3.63, 3.8) is 0 Å². The Morgan fingerprint density at radius 2 is 1.79 bits per heavy atom. The Morgan fingerprint density at radius 1 is 1.07 bits per heavy atom. The molecule has 0 unspecified atom stereocenters. The van der Waals surface area contributed by atoms with Gasteiger partial charge in [-0.15, -0.1) is 0 Å². The second-order valence-corrected chi connectivity index (χ2v) is 8.40. The van der Waals surface area contributed by atoms with Crippen LogP contribution in [0.3, 0.4) is 0 Å². The van der Waals surface area contributed by atoms with Crippen molar-refractivity contribution in [3.8, 4) is 0 Å². The third kappa shape index (κ3) is 6.24. The van der Waals surface area contributed by atoms with E-state index in [2.05, 4.69) is 23.6 Å². The second kappa shape index (κ2) is 10.3. The molecular formula is C22H26N2O4S. The normalized spacial score (nSPS) is 16.5. The van der Waals surface area contributed by atoms with Crippen molar-refractivity contribution in [3.05, 3.63) is 65.2 Å². The molecule has 2 N–H and O–H groups in total. The standard InChI is InChI=1S/C22H26N2O4S/c1-2-16-7-9-18(10-8-16)24-22(26)15-29(27)14-21(25)23-13-20-19-6-4-3-5-17(19)11-12-28-20/h3-10,20H,2,11-15H2,1H3,(H,23,25)(H,24,26)/t20-,29+/m0/s1. The van der Waals surface area contributed by atoms with Crippen LogP contribution in [0.25, 0.3) is 0 Å². The fourth-order valence-corrected chi connectivity index (χ4v) is 4.13. The van der Waals surface area contributed by atoms with Crippen LogP contribution >= 0.6 is 0 Å². The monoisotopic (exact) mass is 414 g/mol. The number of ether oxygens (including phenoxy) is 1. The number of rotatable bonds is 8. The van der Waals surface area contributed by atoms with Gasteiger partial charge in [-0.1, -0.05) is 43.3 Å². The van der Waals surface area contributed by atoms with E-state index in [1.165, 1.54) is 11.1 Å². The Kier molecular flexibility index (Phi) is 7.55. The second-order valence-electron chi connectivity index (χ2n) is 6.94. The summed E-state index contributed by atoms with van der Waals surface area (Å²) in [6.07, 6.45) is 1.58. The summed E-state index contributed by atoms with van der Waals surface area (Å²) in [5.74, 6) is -1.15. The van der Waals surface area contributed by atoms with Crippen LogP contribution in [-0.4, -0.2) is 40.7 Å². The van der Waals surface area contributed by atoms with E-state index in [4.69, 9.17) is 4.74 Å². The SMILES string of the molecule is CCc1ccc(NC(=O)C[S@](=O)CC(=O)NC[C@@H]2OCCc3ccccc32)cc1. The molecule has 2 aromatic carbocycles. The zero-order chi connectivity index (χ0) is 20.6. The molecule has 0 aromatic heterocycles. The Morgan fingerprint density at radius 3 is 2.55 bits per heavy atom. The molecule has 2 aromatic rings. The molecule has 6 nitrogen and oxygen atoms in total. The lowest BCUT2D eigenvalue weighted by Crippen LogP contribution is -2.35. The highest BCUT2D eigenvalue weighted by Crippen LogP contribution is 2.26. The van der Waals surface area contributed by atoms with E-state index in [-0.39, 0.29) is 29.4 Å². The Hall–Kier alpha value is -2.51. The Bertz CT molecular complexity index is 883. The molecule has 2 atom stereocenters. The van der Waals surface area contributed by atoms with Crippen LogP contribution in [-0.2, 0) is 38.0 Å². The minimum absolute atomic E-state index is 0.202. The van der Waals surface area contributed by atoms with Gasteiger partial charge in [0.25, 0.3) is 0 Å². The Balaban J connectivity index is 1.42. The van der Waals surface area contributed by atoms with E-state index in [1.54, 1.807) is 0 Å². The molecule has 29 heavy (non-hydrogen) atoms. The summed E-state index contributed by atoms with van der Waals surface area (Å²) < 4.78 is 17.9. The molecule has 1 aliphatic rings.